The number of carbonyl (C=O) groups is 2. The number of rotatable bonds is 11. The smallest absolute Gasteiger partial charge is 0.265 e. The van der Waals surface area contributed by atoms with Crippen LogP contribution in [0.4, 0.5) is 16.5 Å². The number of benzene rings is 2. The molecule has 54 heavy (non-hydrogen) atoms. The van der Waals surface area contributed by atoms with E-state index in [-0.39, 0.29) is 33.9 Å². The summed E-state index contributed by atoms with van der Waals surface area (Å²) in [6.45, 7) is 5.18. The van der Waals surface area contributed by atoms with Crippen LogP contribution in [0.2, 0.25) is 0 Å². The highest BCUT2D eigenvalue weighted by atomic mass is 32.2. The Bertz CT molecular complexity index is 2240. The fraction of sp³-hybridized carbons (Fsp3) is 0.412. The second-order valence-electron chi connectivity index (χ2n) is 13.2. The van der Waals surface area contributed by atoms with Crippen LogP contribution < -0.4 is 14.5 Å². The number of nitrogens with zero attached hydrogens (tertiary/aromatic N) is 5. The van der Waals surface area contributed by atoms with Gasteiger partial charge in [0.15, 0.2) is 21.1 Å². The second kappa shape index (κ2) is 16.5. The topological polar surface area (TPSA) is 193 Å². The average Bonchev–Trinajstić information content (AvgIpc) is 3.96. The molecular weight excluding hydrogens is 797 g/mol. The minimum Gasteiger partial charge on any atom is -0.311 e. The number of hydrogen-bond donors (Lipinski definition) is 1. The third kappa shape index (κ3) is 9.71. The molecule has 5 heterocycles. The van der Waals surface area contributed by atoms with Crippen LogP contribution in [0.5, 0.6) is 0 Å². The van der Waals surface area contributed by atoms with Gasteiger partial charge in [0, 0.05) is 54.0 Å². The van der Waals surface area contributed by atoms with Crippen molar-refractivity contribution in [1.82, 2.24) is 14.9 Å². The zero-order chi connectivity index (χ0) is 38.7. The number of likely N-dealkylation sites (tertiary alicyclic amines) is 1. The summed E-state index contributed by atoms with van der Waals surface area (Å²) in [6.07, 6.45) is 6.29. The van der Waals surface area contributed by atoms with Gasteiger partial charge in [-0.25, -0.2) is 26.8 Å². The molecule has 1 N–H and O–H groups in total. The molecule has 4 aromatic rings. The maximum atomic E-state index is 12.9. The zero-order valence-electron chi connectivity index (χ0n) is 29.5. The summed E-state index contributed by atoms with van der Waals surface area (Å²) in [5.74, 6) is 0.202. The molecule has 3 aliphatic heterocycles. The van der Waals surface area contributed by atoms with Crippen LogP contribution in [-0.4, -0.2) is 96.5 Å². The quantitative estimate of drug-likeness (QED) is 0.214. The molecule has 2 amide bonds. The van der Waals surface area contributed by atoms with Crippen LogP contribution in [0.1, 0.15) is 37.6 Å². The van der Waals surface area contributed by atoms with E-state index in [0.717, 1.165) is 50.2 Å². The van der Waals surface area contributed by atoms with E-state index in [2.05, 4.69) is 26.5 Å². The van der Waals surface area contributed by atoms with Crippen LogP contribution in [0, 0.1) is 5.92 Å². The molecule has 0 aliphatic carbocycles. The van der Waals surface area contributed by atoms with Gasteiger partial charge >= 0.3 is 0 Å². The molecule has 7 rings (SSSR count). The summed E-state index contributed by atoms with van der Waals surface area (Å²) in [6, 6.07) is 12.3. The Hall–Kier alpha value is -3.79. The summed E-state index contributed by atoms with van der Waals surface area (Å²) in [5, 5.41) is 4.25. The van der Waals surface area contributed by atoms with Gasteiger partial charge in [-0.15, -0.1) is 22.7 Å². The molecule has 0 unspecified atom stereocenters. The van der Waals surface area contributed by atoms with E-state index in [9.17, 15) is 34.8 Å². The lowest BCUT2D eigenvalue weighted by Crippen LogP contribution is -2.45. The van der Waals surface area contributed by atoms with Gasteiger partial charge in [-0.3, -0.25) is 23.4 Å². The molecule has 2 aromatic carbocycles. The first-order chi connectivity index (χ1) is 25.6. The molecule has 290 valence electrons. The van der Waals surface area contributed by atoms with Gasteiger partial charge in [0.1, 0.15) is 10.8 Å². The van der Waals surface area contributed by atoms with Crippen molar-refractivity contribution in [2.75, 3.05) is 47.0 Å². The molecule has 3 saturated heterocycles. The van der Waals surface area contributed by atoms with Crippen molar-refractivity contribution in [1.29, 1.82) is 0 Å². The number of sulfonamides is 1. The van der Waals surface area contributed by atoms with Crippen molar-refractivity contribution in [3.63, 3.8) is 0 Å². The lowest BCUT2D eigenvalue weighted by Gasteiger charge is -2.33. The molecule has 20 heteroatoms. The number of piperidine rings is 1. The summed E-state index contributed by atoms with van der Waals surface area (Å²) in [5.41, 5.74) is 1.23. The Kier molecular flexibility index (Phi) is 12.2. The van der Waals surface area contributed by atoms with Crippen molar-refractivity contribution in [3.8, 4) is 0 Å². The minimum atomic E-state index is -3.73. The summed E-state index contributed by atoms with van der Waals surface area (Å²) in [7, 11) is -10.9. The number of aromatic nitrogens is 2. The maximum absolute atomic E-state index is 12.9. The Morgan fingerprint density at radius 2 is 1.31 bits per heavy atom. The molecule has 2 atom stereocenters. The molecule has 15 nitrogen and oxygen atoms in total. The first-order valence-corrected chi connectivity index (χ1v) is 23.8. The number of thiazole rings is 2. The standard InChI is InChI=1S/C19H24N4O3S2.C15H16N2O6S3/c1-14-6-10-22(11-7-14)17-8-12-23(18(17)24)15-2-4-16(5-3-15)28(25,26)21-19-20-9-13-27-19;1-25(19,20)23-13-6-8-17(15(13)18)11-2-4-12(5-3-11)26(21,22)10-14-16-7-9-24-14/h2-5,9,13-14,17H,6-8,10-12H2,1H3,(H,20,21);2-5,7,9,13H,6,8,10H2,1H3/t17-;13-/m01/s1. The van der Waals surface area contributed by atoms with Crippen LogP contribution >= 0.6 is 22.7 Å². The maximum Gasteiger partial charge on any atom is 0.265 e. The Morgan fingerprint density at radius 1 is 0.741 bits per heavy atom. The summed E-state index contributed by atoms with van der Waals surface area (Å²) >= 11 is 2.49. The Morgan fingerprint density at radius 3 is 1.89 bits per heavy atom. The van der Waals surface area contributed by atoms with Gasteiger partial charge in [0.05, 0.1) is 22.1 Å². The number of amides is 2. The van der Waals surface area contributed by atoms with E-state index in [1.54, 1.807) is 40.2 Å². The lowest BCUT2D eigenvalue weighted by molar-refractivity contribution is -0.123. The molecular formula is C34H40N6O9S5. The van der Waals surface area contributed by atoms with Crippen molar-refractivity contribution in [3.05, 3.63) is 76.7 Å². The number of nitrogens with one attached hydrogen (secondary N) is 1. The summed E-state index contributed by atoms with van der Waals surface area (Å²) in [4.78, 5) is 38.9. The molecule has 0 radical (unpaired) electrons. The van der Waals surface area contributed by atoms with Crippen molar-refractivity contribution in [2.45, 2.75) is 60.3 Å². The van der Waals surface area contributed by atoms with Gasteiger partial charge < -0.3 is 9.80 Å². The summed E-state index contributed by atoms with van der Waals surface area (Å²) < 4.78 is 79.3. The van der Waals surface area contributed by atoms with Crippen molar-refractivity contribution < 1.29 is 39.0 Å². The van der Waals surface area contributed by atoms with Crippen LogP contribution in [-0.2, 0) is 49.5 Å². The zero-order valence-corrected chi connectivity index (χ0v) is 33.6. The largest absolute Gasteiger partial charge is 0.311 e. The van der Waals surface area contributed by atoms with E-state index in [0.29, 0.717) is 28.9 Å². The molecule has 3 aliphatic rings. The van der Waals surface area contributed by atoms with E-state index in [4.69, 9.17) is 4.18 Å². The minimum absolute atomic E-state index is 0.0533. The van der Waals surface area contributed by atoms with Gasteiger partial charge in [-0.1, -0.05) is 6.92 Å². The first-order valence-electron chi connectivity index (χ1n) is 17.1. The normalized spacial score (nSPS) is 20.3. The van der Waals surface area contributed by atoms with Gasteiger partial charge in [-0.2, -0.15) is 8.42 Å². The van der Waals surface area contributed by atoms with E-state index < -0.39 is 42.0 Å². The van der Waals surface area contributed by atoms with Crippen molar-refractivity contribution >= 4 is 81.0 Å². The highest BCUT2D eigenvalue weighted by Gasteiger charge is 2.38. The number of carbonyl (C=O) groups excluding carboxylic acids is 2. The molecule has 0 bridgehead atoms. The van der Waals surface area contributed by atoms with E-state index in [1.807, 2.05) is 0 Å². The molecule has 0 saturated carbocycles. The highest BCUT2D eigenvalue weighted by molar-refractivity contribution is 7.93. The number of hydrogen-bond acceptors (Lipinski definition) is 14. The van der Waals surface area contributed by atoms with Gasteiger partial charge in [0.2, 0.25) is 5.91 Å². The third-order valence-corrected chi connectivity index (χ3v) is 14.7. The van der Waals surface area contributed by atoms with Gasteiger partial charge in [0.25, 0.3) is 26.0 Å². The highest BCUT2D eigenvalue weighted by Crippen LogP contribution is 2.30. The lowest BCUT2D eigenvalue weighted by atomic mass is 9.97. The predicted octanol–water partition coefficient (Wildman–Crippen LogP) is 3.98. The fourth-order valence-electron chi connectivity index (χ4n) is 6.47. The monoisotopic (exact) mass is 836 g/mol. The number of sulfone groups is 1. The number of anilines is 3. The van der Waals surface area contributed by atoms with Gasteiger partial charge in [-0.05, 0) is 86.8 Å². The van der Waals surface area contributed by atoms with E-state index in [1.165, 1.54) is 64.0 Å². The third-order valence-electron chi connectivity index (χ3n) is 9.30. The molecule has 0 spiro atoms. The van der Waals surface area contributed by atoms with Crippen LogP contribution in [0.3, 0.4) is 0 Å². The SMILES string of the molecule is CC1CCN([C@H]2CCN(c3ccc(S(=O)(=O)Nc4nccs4)cc3)C2=O)CC1.CS(=O)(=O)O[C@@H]1CCN(c2ccc(S(=O)(=O)Cc3nccs3)cc2)C1=O. The van der Waals surface area contributed by atoms with Crippen LogP contribution in [0.25, 0.3) is 0 Å². The molecule has 2 aromatic heterocycles. The van der Waals surface area contributed by atoms with Crippen molar-refractivity contribution in [2.24, 2.45) is 5.92 Å². The molecule has 3 fully saturated rings. The Labute approximate surface area is 323 Å². The fourth-order valence-corrected chi connectivity index (χ4v) is 11.1. The van der Waals surface area contributed by atoms with E-state index >= 15 is 0 Å². The first kappa shape index (κ1) is 39.9. The second-order valence-corrected chi connectivity index (χ2v) is 20.3. The Balaban J connectivity index is 0.000000185. The predicted molar refractivity (Wildman–Crippen MR) is 206 cm³/mol. The van der Waals surface area contributed by atoms with Crippen LogP contribution in [0.15, 0.2) is 81.5 Å². The average molecular weight is 837 g/mol.